The topological polar surface area (TPSA) is 30.5 Å². The molecule has 1 aliphatic rings. The van der Waals surface area contributed by atoms with Crippen LogP contribution in [0.25, 0.3) is 0 Å². The first-order valence-corrected chi connectivity index (χ1v) is 6.01. The Morgan fingerprint density at radius 2 is 2.20 bits per heavy atom. The summed E-state index contributed by atoms with van der Waals surface area (Å²) in [6, 6.07) is 0. The summed E-state index contributed by atoms with van der Waals surface area (Å²) < 4.78 is 11.0. The Kier molecular flexibility index (Phi) is 5.58. The quantitative estimate of drug-likeness (QED) is 0.687. The van der Waals surface area contributed by atoms with Gasteiger partial charge in [-0.2, -0.15) is 0 Å². The maximum Gasteiger partial charge on any atom is 0.0699 e. The molecule has 1 heterocycles. The fraction of sp³-hybridized carbons (Fsp3) is 1.00. The van der Waals surface area contributed by atoms with E-state index < -0.39 is 0 Å². The van der Waals surface area contributed by atoms with Crippen LogP contribution in [0, 0.1) is 0 Å². The third-order valence-corrected chi connectivity index (χ3v) is 3.10. The second-order valence-corrected chi connectivity index (χ2v) is 4.91. The van der Waals surface area contributed by atoms with Gasteiger partial charge in [-0.05, 0) is 46.1 Å². The monoisotopic (exact) mass is 215 g/mol. The first kappa shape index (κ1) is 12.9. The van der Waals surface area contributed by atoms with Crippen molar-refractivity contribution in [2.75, 3.05) is 26.8 Å². The van der Waals surface area contributed by atoms with Gasteiger partial charge in [-0.3, -0.25) is 0 Å². The van der Waals surface area contributed by atoms with Crippen molar-refractivity contribution in [3.05, 3.63) is 0 Å². The van der Waals surface area contributed by atoms with Gasteiger partial charge in [0.2, 0.25) is 0 Å². The molecule has 0 aromatic heterocycles. The van der Waals surface area contributed by atoms with Gasteiger partial charge >= 0.3 is 0 Å². The van der Waals surface area contributed by atoms with E-state index in [4.69, 9.17) is 9.47 Å². The highest BCUT2D eigenvalue weighted by atomic mass is 16.5. The summed E-state index contributed by atoms with van der Waals surface area (Å²) >= 11 is 0. The molecule has 0 radical (unpaired) electrons. The minimum absolute atomic E-state index is 0.0135. The predicted molar refractivity (Wildman–Crippen MR) is 62.2 cm³/mol. The average molecular weight is 215 g/mol. The Balaban J connectivity index is 2.00. The zero-order chi connectivity index (χ0) is 11.1. The summed E-state index contributed by atoms with van der Waals surface area (Å²) in [6.07, 6.45) is 5.23. The SMILES string of the molecule is COC(C)(C)CCNCC1CCCCO1. The first-order chi connectivity index (χ1) is 7.14. The van der Waals surface area contributed by atoms with Gasteiger partial charge in [0.05, 0.1) is 11.7 Å². The molecular weight excluding hydrogens is 190 g/mol. The molecule has 0 saturated carbocycles. The third kappa shape index (κ3) is 5.50. The van der Waals surface area contributed by atoms with Crippen LogP contribution in [0.1, 0.15) is 39.5 Å². The summed E-state index contributed by atoms with van der Waals surface area (Å²) in [5, 5.41) is 3.44. The molecule has 0 spiro atoms. The molecule has 90 valence electrons. The summed E-state index contributed by atoms with van der Waals surface area (Å²) in [5.41, 5.74) is -0.0135. The Morgan fingerprint density at radius 1 is 1.40 bits per heavy atom. The predicted octanol–water partition coefficient (Wildman–Crippen LogP) is 1.96. The van der Waals surface area contributed by atoms with Crippen LogP contribution in [-0.2, 0) is 9.47 Å². The second-order valence-electron chi connectivity index (χ2n) is 4.91. The maximum absolute atomic E-state index is 5.64. The van der Waals surface area contributed by atoms with Crippen molar-refractivity contribution in [2.45, 2.75) is 51.2 Å². The fourth-order valence-electron chi connectivity index (χ4n) is 1.72. The fourth-order valence-corrected chi connectivity index (χ4v) is 1.72. The van der Waals surface area contributed by atoms with Gasteiger partial charge in [-0.1, -0.05) is 0 Å². The number of methoxy groups -OCH3 is 1. The molecular formula is C12H25NO2. The van der Waals surface area contributed by atoms with Crippen molar-refractivity contribution < 1.29 is 9.47 Å². The number of hydrogen-bond acceptors (Lipinski definition) is 3. The molecule has 0 aliphatic carbocycles. The van der Waals surface area contributed by atoms with Crippen molar-refractivity contribution in [3.63, 3.8) is 0 Å². The van der Waals surface area contributed by atoms with Crippen molar-refractivity contribution in [3.8, 4) is 0 Å². The molecule has 1 saturated heterocycles. The summed E-state index contributed by atoms with van der Waals surface area (Å²) in [4.78, 5) is 0. The smallest absolute Gasteiger partial charge is 0.0699 e. The highest BCUT2D eigenvalue weighted by molar-refractivity contribution is 4.71. The lowest BCUT2D eigenvalue weighted by Crippen LogP contribution is -2.35. The van der Waals surface area contributed by atoms with E-state index in [0.717, 1.165) is 26.1 Å². The van der Waals surface area contributed by atoms with Crippen LogP contribution in [0.4, 0.5) is 0 Å². The molecule has 1 fully saturated rings. The van der Waals surface area contributed by atoms with Gasteiger partial charge in [0, 0.05) is 20.3 Å². The van der Waals surface area contributed by atoms with Crippen molar-refractivity contribution in [1.29, 1.82) is 0 Å². The number of ether oxygens (including phenoxy) is 2. The molecule has 1 unspecified atom stereocenters. The van der Waals surface area contributed by atoms with Crippen LogP contribution in [0.15, 0.2) is 0 Å². The van der Waals surface area contributed by atoms with Crippen LogP contribution in [0.3, 0.4) is 0 Å². The lowest BCUT2D eigenvalue weighted by Gasteiger charge is -2.25. The van der Waals surface area contributed by atoms with Crippen molar-refractivity contribution in [1.82, 2.24) is 5.32 Å². The van der Waals surface area contributed by atoms with E-state index >= 15 is 0 Å². The Bertz CT molecular complexity index is 165. The molecule has 3 nitrogen and oxygen atoms in total. The van der Waals surface area contributed by atoms with E-state index in [2.05, 4.69) is 19.2 Å². The molecule has 1 N–H and O–H groups in total. The minimum Gasteiger partial charge on any atom is -0.379 e. The van der Waals surface area contributed by atoms with Crippen LogP contribution < -0.4 is 5.32 Å². The highest BCUT2D eigenvalue weighted by Gasteiger charge is 2.16. The molecule has 3 heteroatoms. The Hall–Kier alpha value is -0.120. The van der Waals surface area contributed by atoms with E-state index in [9.17, 15) is 0 Å². The van der Waals surface area contributed by atoms with E-state index in [1.165, 1.54) is 19.3 Å². The second kappa shape index (κ2) is 6.46. The van der Waals surface area contributed by atoms with Crippen molar-refractivity contribution >= 4 is 0 Å². The maximum atomic E-state index is 5.64. The molecule has 0 bridgehead atoms. The zero-order valence-corrected chi connectivity index (χ0v) is 10.3. The van der Waals surface area contributed by atoms with E-state index in [1.54, 1.807) is 7.11 Å². The molecule has 0 aromatic carbocycles. The van der Waals surface area contributed by atoms with E-state index in [1.807, 2.05) is 0 Å². The highest BCUT2D eigenvalue weighted by Crippen LogP contribution is 2.13. The molecule has 0 aromatic rings. The summed E-state index contributed by atoms with van der Waals surface area (Å²) in [7, 11) is 1.77. The van der Waals surface area contributed by atoms with E-state index in [0.29, 0.717) is 6.10 Å². The molecule has 1 atom stereocenters. The van der Waals surface area contributed by atoms with Crippen LogP contribution in [0.5, 0.6) is 0 Å². The van der Waals surface area contributed by atoms with Crippen LogP contribution in [0.2, 0.25) is 0 Å². The number of hydrogen-bond donors (Lipinski definition) is 1. The molecule has 0 amide bonds. The van der Waals surface area contributed by atoms with Gasteiger partial charge < -0.3 is 14.8 Å². The molecule has 1 rings (SSSR count). The minimum atomic E-state index is -0.0135. The van der Waals surface area contributed by atoms with Crippen LogP contribution in [-0.4, -0.2) is 38.5 Å². The Labute approximate surface area is 93.5 Å². The van der Waals surface area contributed by atoms with Crippen LogP contribution >= 0.6 is 0 Å². The zero-order valence-electron chi connectivity index (χ0n) is 10.3. The van der Waals surface area contributed by atoms with Gasteiger partial charge in [-0.15, -0.1) is 0 Å². The molecule has 15 heavy (non-hydrogen) atoms. The Morgan fingerprint density at radius 3 is 2.80 bits per heavy atom. The number of rotatable bonds is 6. The largest absolute Gasteiger partial charge is 0.379 e. The van der Waals surface area contributed by atoms with Gasteiger partial charge in [0.1, 0.15) is 0 Å². The van der Waals surface area contributed by atoms with Crippen molar-refractivity contribution in [2.24, 2.45) is 0 Å². The normalized spacial score (nSPS) is 23.0. The number of nitrogens with one attached hydrogen (secondary N) is 1. The van der Waals surface area contributed by atoms with Gasteiger partial charge in [0.15, 0.2) is 0 Å². The standard InChI is InChI=1S/C12H25NO2/c1-12(2,14-3)7-8-13-10-11-6-4-5-9-15-11/h11,13H,4-10H2,1-3H3. The first-order valence-electron chi connectivity index (χ1n) is 6.01. The summed E-state index contributed by atoms with van der Waals surface area (Å²) in [6.45, 7) is 7.16. The van der Waals surface area contributed by atoms with Gasteiger partial charge in [-0.25, -0.2) is 0 Å². The molecule has 1 aliphatic heterocycles. The third-order valence-electron chi connectivity index (χ3n) is 3.10. The lowest BCUT2D eigenvalue weighted by molar-refractivity contribution is 0.00673. The van der Waals surface area contributed by atoms with Gasteiger partial charge in [0.25, 0.3) is 0 Å². The lowest BCUT2D eigenvalue weighted by atomic mass is 10.1. The van der Waals surface area contributed by atoms with E-state index in [-0.39, 0.29) is 5.60 Å². The summed E-state index contributed by atoms with van der Waals surface area (Å²) in [5.74, 6) is 0. The average Bonchev–Trinajstić information content (AvgIpc) is 2.26.